The molecule has 0 aliphatic rings. The van der Waals surface area contributed by atoms with Crippen LogP contribution in [-0.2, 0) is 16.1 Å². The van der Waals surface area contributed by atoms with Crippen molar-refractivity contribution in [2.75, 3.05) is 19.7 Å². The highest BCUT2D eigenvalue weighted by Gasteiger charge is 2.01. The van der Waals surface area contributed by atoms with Gasteiger partial charge in [0.05, 0.1) is 13.2 Å². The van der Waals surface area contributed by atoms with E-state index in [4.69, 9.17) is 4.74 Å². The summed E-state index contributed by atoms with van der Waals surface area (Å²) >= 11 is 1.79. The predicted molar refractivity (Wildman–Crippen MR) is 102 cm³/mol. The van der Waals surface area contributed by atoms with E-state index in [-0.39, 0.29) is 5.97 Å². The van der Waals surface area contributed by atoms with E-state index in [0.717, 1.165) is 44.7 Å². The number of nitrogens with zero attached hydrogens (tertiary/aromatic N) is 1. The topological polar surface area (TPSA) is 62.7 Å². The number of nitrogens with one attached hydrogen (secondary N) is 2. The Morgan fingerprint density at radius 3 is 2.62 bits per heavy atom. The quantitative estimate of drug-likeness (QED) is 0.276. The number of thiophene rings is 1. The molecule has 0 aliphatic carbocycles. The zero-order chi connectivity index (χ0) is 17.6. The molecule has 0 saturated heterocycles. The Morgan fingerprint density at radius 2 is 1.96 bits per heavy atom. The lowest BCUT2D eigenvalue weighted by Gasteiger charge is -2.11. The van der Waals surface area contributed by atoms with Crippen molar-refractivity contribution in [1.82, 2.24) is 10.6 Å². The summed E-state index contributed by atoms with van der Waals surface area (Å²) in [4.78, 5) is 18.4. The third kappa shape index (κ3) is 9.55. The van der Waals surface area contributed by atoms with Crippen molar-refractivity contribution in [3.05, 3.63) is 21.9 Å². The zero-order valence-corrected chi connectivity index (χ0v) is 16.0. The monoisotopic (exact) mass is 353 g/mol. The van der Waals surface area contributed by atoms with Gasteiger partial charge in [-0.25, -0.2) is 4.99 Å². The molecule has 5 nitrogen and oxygen atoms in total. The maximum absolute atomic E-state index is 11.2. The van der Waals surface area contributed by atoms with Crippen molar-refractivity contribution < 1.29 is 9.53 Å². The normalized spacial score (nSPS) is 11.4. The van der Waals surface area contributed by atoms with E-state index in [9.17, 15) is 4.79 Å². The summed E-state index contributed by atoms with van der Waals surface area (Å²) in [7, 11) is 0. The first-order valence-corrected chi connectivity index (χ1v) is 9.70. The number of guanidine groups is 1. The Morgan fingerprint density at radius 1 is 1.17 bits per heavy atom. The first kappa shape index (κ1) is 20.5. The number of aliphatic imine (C=N–C) groups is 1. The molecule has 0 amide bonds. The van der Waals surface area contributed by atoms with E-state index < -0.39 is 0 Å². The van der Waals surface area contributed by atoms with Crippen LogP contribution in [0.25, 0.3) is 0 Å². The van der Waals surface area contributed by atoms with Gasteiger partial charge in [-0.15, -0.1) is 11.3 Å². The molecule has 6 heteroatoms. The highest BCUT2D eigenvalue weighted by atomic mass is 32.1. The van der Waals surface area contributed by atoms with E-state index >= 15 is 0 Å². The molecule has 0 atom stereocenters. The van der Waals surface area contributed by atoms with Gasteiger partial charge < -0.3 is 15.4 Å². The van der Waals surface area contributed by atoms with Crippen LogP contribution in [0.15, 0.2) is 17.1 Å². The second-order valence-electron chi connectivity index (χ2n) is 5.60. The summed E-state index contributed by atoms with van der Waals surface area (Å²) in [5.74, 6) is 0.788. The molecule has 0 fully saturated rings. The van der Waals surface area contributed by atoms with Crippen molar-refractivity contribution in [3.63, 3.8) is 0 Å². The van der Waals surface area contributed by atoms with Crippen LogP contribution in [-0.4, -0.2) is 31.6 Å². The van der Waals surface area contributed by atoms with Crippen LogP contribution in [0.2, 0.25) is 0 Å². The molecule has 136 valence electrons. The molecular formula is C18H31N3O2S. The maximum atomic E-state index is 11.2. The van der Waals surface area contributed by atoms with Gasteiger partial charge in [-0.1, -0.05) is 12.8 Å². The number of carbonyl (C=O) groups excluding carboxylic acids is 1. The highest BCUT2D eigenvalue weighted by Crippen LogP contribution is 2.15. The molecule has 0 spiro atoms. The standard InChI is InChI=1S/C18H31N3O2S/c1-4-19-18(21-14-16-12-11-15(3)24-16)20-13-9-7-6-8-10-17(22)23-5-2/h11-12H,4-10,13-14H2,1-3H3,(H2,19,20,21). The minimum absolute atomic E-state index is 0.0824. The minimum atomic E-state index is -0.0824. The SMILES string of the molecule is CCNC(=NCc1ccc(C)s1)NCCCCCCC(=O)OCC. The van der Waals surface area contributed by atoms with Crippen molar-refractivity contribution in [1.29, 1.82) is 0 Å². The van der Waals surface area contributed by atoms with Crippen LogP contribution in [0.5, 0.6) is 0 Å². The smallest absolute Gasteiger partial charge is 0.305 e. The van der Waals surface area contributed by atoms with Gasteiger partial charge in [0, 0.05) is 29.3 Å². The fourth-order valence-corrected chi connectivity index (χ4v) is 3.07. The van der Waals surface area contributed by atoms with Gasteiger partial charge in [0.1, 0.15) is 0 Å². The predicted octanol–water partition coefficient (Wildman–Crippen LogP) is 3.63. The van der Waals surface area contributed by atoms with E-state index in [1.165, 1.54) is 9.75 Å². The molecular weight excluding hydrogens is 322 g/mol. The second-order valence-corrected chi connectivity index (χ2v) is 6.98. The molecule has 0 unspecified atom stereocenters. The Labute approximate surface area is 149 Å². The van der Waals surface area contributed by atoms with Crippen LogP contribution in [0, 0.1) is 6.92 Å². The fraction of sp³-hybridized carbons (Fsp3) is 0.667. The third-order valence-electron chi connectivity index (χ3n) is 3.44. The van der Waals surface area contributed by atoms with Gasteiger partial charge in [-0.3, -0.25) is 4.79 Å². The fourth-order valence-electron chi connectivity index (χ4n) is 2.26. The van der Waals surface area contributed by atoms with Gasteiger partial charge in [-0.05, 0) is 45.7 Å². The van der Waals surface area contributed by atoms with E-state index in [1.54, 1.807) is 11.3 Å². The Kier molecular flexibility index (Phi) is 10.9. The van der Waals surface area contributed by atoms with Gasteiger partial charge in [0.2, 0.25) is 0 Å². The van der Waals surface area contributed by atoms with Crippen LogP contribution in [0.3, 0.4) is 0 Å². The maximum Gasteiger partial charge on any atom is 0.305 e. The largest absolute Gasteiger partial charge is 0.466 e. The highest BCUT2D eigenvalue weighted by molar-refractivity contribution is 7.11. The molecule has 0 bridgehead atoms. The molecule has 24 heavy (non-hydrogen) atoms. The third-order valence-corrected chi connectivity index (χ3v) is 4.42. The molecule has 1 heterocycles. The molecule has 1 rings (SSSR count). The number of aryl methyl sites for hydroxylation is 1. The van der Waals surface area contributed by atoms with Crippen molar-refractivity contribution in [2.45, 2.75) is 59.4 Å². The number of unbranched alkanes of at least 4 members (excludes halogenated alkanes) is 3. The van der Waals surface area contributed by atoms with Crippen molar-refractivity contribution in [3.8, 4) is 0 Å². The number of carbonyl (C=O) groups is 1. The number of esters is 1. The lowest BCUT2D eigenvalue weighted by atomic mass is 10.1. The summed E-state index contributed by atoms with van der Waals surface area (Å²) < 4.78 is 4.92. The molecule has 2 N–H and O–H groups in total. The van der Waals surface area contributed by atoms with Gasteiger partial charge in [-0.2, -0.15) is 0 Å². The Balaban J connectivity index is 2.16. The molecule has 1 aromatic heterocycles. The van der Waals surface area contributed by atoms with Crippen molar-refractivity contribution >= 4 is 23.3 Å². The van der Waals surface area contributed by atoms with Gasteiger partial charge >= 0.3 is 5.97 Å². The summed E-state index contributed by atoms with van der Waals surface area (Å²) in [5.41, 5.74) is 0. The summed E-state index contributed by atoms with van der Waals surface area (Å²) in [6, 6.07) is 4.27. The van der Waals surface area contributed by atoms with E-state index in [1.807, 2.05) is 6.92 Å². The van der Waals surface area contributed by atoms with E-state index in [0.29, 0.717) is 19.6 Å². The first-order chi connectivity index (χ1) is 11.7. The molecule has 0 aliphatic heterocycles. The van der Waals surface area contributed by atoms with Crippen LogP contribution < -0.4 is 10.6 Å². The van der Waals surface area contributed by atoms with Crippen molar-refractivity contribution in [2.24, 2.45) is 4.99 Å². The minimum Gasteiger partial charge on any atom is -0.466 e. The lowest BCUT2D eigenvalue weighted by molar-refractivity contribution is -0.143. The molecule has 1 aromatic rings. The number of ether oxygens (including phenoxy) is 1. The molecule has 0 aromatic carbocycles. The Bertz CT molecular complexity index is 500. The zero-order valence-electron chi connectivity index (χ0n) is 15.2. The number of hydrogen-bond donors (Lipinski definition) is 2. The van der Waals surface area contributed by atoms with Crippen LogP contribution in [0.1, 0.15) is 55.7 Å². The molecule has 0 radical (unpaired) electrons. The summed E-state index contributed by atoms with van der Waals surface area (Å²) in [6.45, 7) is 8.97. The number of hydrogen-bond acceptors (Lipinski definition) is 4. The molecule has 0 saturated carbocycles. The van der Waals surface area contributed by atoms with Crippen LogP contribution >= 0.6 is 11.3 Å². The Hall–Kier alpha value is -1.56. The van der Waals surface area contributed by atoms with Gasteiger partial charge in [0.25, 0.3) is 0 Å². The second kappa shape index (κ2) is 12.8. The number of rotatable bonds is 11. The summed E-state index contributed by atoms with van der Waals surface area (Å²) in [5, 5.41) is 6.64. The average molecular weight is 354 g/mol. The summed E-state index contributed by atoms with van der Waals surface area (Å²) in [6.07, 6.45) is 4.68. The van der Waals surface area contributed by atoms with E-state index in [2.05, 4.69) is 41.6 Å². The first-order valence-electron chi connectivity index (χ1n) is 8.88. The average Bonchev–Trinajstić information content (AvgIpc) is 2.97. The lowest BCUT2D eigenvalue weighted by Crippen LogP contribution is -2.37. The van der Waals surface area contributed by atoms with Gasteiger partial charge in [0.15, 0.2) is 5.96 Å². The van der Waals surface area contributed by atoms with Crippen LogP contribution in [0.4, 0.5) is 0 Å².